The molecule has 4 rings (SSSR count). The minimum Gasteiger partial charge on any atom is -0.0619 e. The third-order valence-corrected chi connectivity index (χ3v) is 4.78. The van der Waals surface area contributed by atoms with E-state index < -0.39 is 0 Å². The lowest BCUT2D eigenvalue weighted by atomic mass is 9.66. The van der Waals surface area contributed by atoms with Crippen LogP contribution in [0.3, 0.4) is 0 Å². The molecule has 18 heavy (non-hydrogen) atoms. The maximum Gasteiger partial charge on any atom is -0.00867 e. The van der Waals surface area contributed by atoms with Crippen molar-refractivity contribution in [1.29, 1.82) is 0 Å². The largest absolute Gasteiger partial charge is 0.0619 e. The van der Waals surface area contributed by atoms with Crippen LogP contribution in [0.5, 0.6) is 0 Å². The maximum atomic E-state index is 2.36. The molecule has 2 atom stereocenters. The van der Waals surface area contributed by atoms with Crippen LogP contribution in [0.1, 0.15) is 48.6 Å². The number of rotatable bonds is 0. The van der Waals surface area contributed by atoms with E-state index in [-0.39, 0.29) is 0 Å². The lowest BCUT2D eigenvalue weighted by molar-refractivity contribution is 0.383. The minimum atomic E-state index is 0.768. The first-order chi connectivity index (χ1) is 8.95. The molecule has 0 spiro atoms. The van der Waals surface area contributed by atoms with E-state index in [9.17, 15) is 0 Å². The van der Waals surface area contributed by atoms with E-state index in [1.54, 1.807) is 11.1 Å². The van der Waals surface area contributed by atoms with Crippen LogP contribution in [0.15, 0.2) is 48.5 Å². The Morgan fingerprint density at radius 1 is 0.611 bits per heavy atom. The van der Waals surface area contributed by atoms with Gasteiger partial charge in [0.15, 0.2) is 0 Å². The molecule has 2 aromatic rings. The van der Waals surface area contributed by atoms with Crippen LogP contribution in [0.2, 0.25) is 0 Å². The van der Waals surface area contributed by atoms with Crippen LogP contribution < -0.4 is 0 Å². The SMILES string of the molecule is c1ccc2c(c1)-c1ccccc1[C@@H]1CCCC[C@H]21. The van der Waals surface area contributed by atoms with Gasteiger partial charge in [0.05, 0.1) is 0 Å². The summed E-state index contributed by atoms with van der Waals surface area (Å²) in [6.07, 6.45) is 5.54. The molecule has 0 radical (unpaired) electrons. The first kappa shape index (κ1) is 10.4. The van der Waals surface area contributed by atoms with Gasteiger partial charge in [-0.1, -0.05) is 61.4 Å². The number of fused-ring (bicyclic) bond motifs is 6. The van der Waals surface area contributed by atoms with Crippen LogP contribution in [0.25, 0.3) is 11.1 Å². The molecule has 0 unspecified atom stereocenters. The highest BCUT2D eigenvalue weighted by Gasteiger charge is 2.34. The third kappa shape index (κ3) is 1.38. The minimum absolute atomic E-state index is 0.768. The van der Waals surface area contributed by atoms with Crippen LogP contribution in [0.4, 0.5) is 0 Å². The summed E-state index contributed by atoms with van der Waals surface area (Å²) >= 11 is 0. The van der Waals surface area contributed by atoms with E-state index in [4.69, 9.17) is 0 Å². The van der Waals surface area contributed by atoms with Crippen molar-refractivity contribution in [2.24, 2.45) is 0 Å². The third-order valence-electron chi connectivity index (χ3n) is 4.78. The van der Waals surface area contributed by atoms with Crippen molar-refractivity contribution in [2.75, 3.05) is 0 Å². The van der Waals surface area contributed by atoms with E-state index in [0.717, 1.165) is 11.8 Å². The quantitative estimate of drug-likeness (QED) is 0.594. The molecule has 0 bridgehead atoms. The summed E-state index contributed by atoms with van der Waals surface area (Å²) in [6, 6.07) is 18.1. The molecule has 0 amide bonds. The van der Waals surface area contributed by atoms with Crippen molar-refractivity contribution in [2.45, 2.75) is 37.5 Å². The Bertz CT molecular complexity index is 529. The van der Waals surface area contributed by atoms with Crippen molar-refractivity contribution < 1.29 is 0 Å². The Labute approximate surface area is 109 Å². The highest BCUT2D eigenvalue weighted by molar-refractivity contribution is 5.75. The van der Waals surface area contributed by atoms with E-state index in [1.807, 2.05) is 0 Å². The Morgan fingerprint density at radius 3 is 1.56 bits per heavy atom. The molecule has 0 N–H and O–H groups in total. The lowest BCUT2D eigenvalue weighted by Gasteiger charge is -2.38. The van der Waals surface area contributed by atoms with E-state index in [1.165, 1.54) is 36.8 Å². The first-order valence-electron chi connectivity index (χ1n) is 7.13. The molecule has 2 aromatic carbocycles. The summed E-state index contributed by atoms with van der Waals surface area (Å²) in [5.41, 5.74) is 6.16. The summed E-state index contributed by atoms with van der Waals surface area (Å²) in [4.78, 5) is 0. The molecule has 1 fully saturated rings. The highest BCUT2D eigenvalue weighted by Crippen LogP contribution is 2.52. The van der Waals surface area contributed by atoms with Crippen molar-refractivity contribution in [1.82, 2.24) is 0 Å². The summed E-state index contributed by atoms with van der Waals surface area (Å²) in [6.45, 7) is 0. The molecule has 2 aliphatic carbocycles. The average Bonchev–Trinajstić information content (AvgIpc) is 2.48. The van der Waals surface area contributed by atoms with Gasteiger partial charge in [-0.3, -0.25) is 0 Å². The monoisotopic (exact) mass is 234 g/mol. The summed E-state index contributed by atoms with van der Waals surface area (Å²) in [5.74, 6) is 1.54. The van der Waals surface area contributed by atoms with Gasteiger partial charge in [-0.05, 0) is 46.9 Å². The van der Waals surface area contributed by atoms with E-state index in [0.29, 0.717) is 0 Å². The van der Waals surface area contributed by atoms with Crippen LogP contribution in [0, 0.1) is 0 Å². The van der Waals surface area contributed by atoms with Gasteiger partial charge >= 0.3 is 0 Å². The molecule has 1 saturated carbocycles. The fourth-order valence-electron chi connectivity index (χ4n) is 4.01. The van der Waals surface area contributed by atoms with Gasteiger partial charge in [0.25, 0.3) is 0 Å². The highest BCUT2D eigenvalue weighted by atomic mass is 14.4. The van der Waals surface area contributed by atoms with E-state index >= 15 is 0 Å². The maximum absolute atomic E-state index is 2.36. The molecular weight excluding hydrogens is 216 g/mol. The van der Waals surface area contributed by atoms with Gasteiger partial charge in [-0.2, -0.15) is 0 Å². The number of hydrogen-bond donors (Lipinski definition) is 0. The number of hydrogen-bond acceptors (Lipinski definition) is 0. The molecule has 0 saturated heterocycles. The molecule has 0 heteroatoms. The Kier molecular flexibility index (Phi) is 2.29. The second kappa shape index (κ2) is 3.98. The zero-order valence-corrected chi connectivity index (χ0v) is 10.6. The van der Waals surface area contributed by atoms with Gasteiger partial charge in [0, 0.05) is 0 Å². The van der Waals surface area contributed by atoms with Gasteiger partial charge in [0.1, 0.15) is 0 Å². The fraction of sp³-hybridized carbons (Fsp3) is 0.333. The zero-order valence-electron chi connectivity index (χ0n) is 10.6. The standard InChI is InChI=1S/C18H18/c1-2-8-14-13(7-1)15-9-3-4-11-17(15)18-12-6-5-10-16(14)18/h1-4,7-9,11,16,18H,5-6,10,12H2/t16-,18-. The molecule has 0 aromatic heterocycles. The molecule has 2 aliphatic rings. The van der Waals surface area contributed by atoms with Crippen LogP contribution in [-0.4, -0.2) is 0 Å². The Hall–Kier alpha value is -1.56. The molecule has 0 heterocycles. The predicted octanol–water partition coefficient (Wildman–Crippen LogP) is 5.11. The Balaban J connectivity index is 1.99. The predicted molar refractivity (Wildman–Crippen MR) is 75.8 cm³/mol. The van der Waals surface area contributed by atoms with Gasteiger partial charge in [-0.15, -0.1) is 0 Å². The topological polar surface area (TPSA) is 0 Å². The molecule has 0 aliphatic heterocycles. The van der Waals surface area contributed by atoms with Crippen LogP contribution in [-0.2, 0) is 0 Å². The average molecular weight is 234 g/mol. The van der Waals surface area contributed by atoms with Crippen molar-refractivity contribution in [3.63, 3.8) is 0 Å². The van der Waals surface area contributed by atoms with Crippen molar-refractivity contribution >= 4 is 0 Å². The smallest absolute Gasteiger partial charge is 0.00867 e. The molecule has 90 valence electrons. The van der Waals surface area contributed by atoms with Crippen molar-refractivity contribution in [3.8, 4) is 11.1 Å². The fourth-order valence-corrected chi connectivity index (χ4v) is 4.01. The Morgan fingerprint density at radius 2 is 1.06 bits per heavy atom. The van der Waals surface area contributed by atoms with Crippen LogP contribution >= 0.6 is 0 Å². The lowest BCUT2D eigenvalue weighted by Crippen LogP contribution is -2.21. The molecular formula is C18H18. The van der Waals surface area contributed by atoms with Gasteiger partial charge in [0.2, 0.25) is 0 Å². The van der Waals surface area contributed by atoms with E-state index in [2.05, 4.69) is 48.5 Å². The molecule has 0 nitrogen and oxygen atoms in total. The second-order valence-corrected chi connectivity index (χ2v) is 5.67. The summed E-state index contributed by atoms with van der Waals surface area (Å²) in [7, 11) is 0. The summed E-state index contributed by atoms with van der Waals surface area (Å²) < 4.78 is 0. The van der Waals surface area contributed by atoms with Crippen molar-refractivity contribution in [3.05, 3.63) is 59.7 Å². The zero-order chi connectivity index (χ0) is 11.9. The summed E-state index contributed by atoms with van der Waals surface area (Å²) in [5, 5.41) is 0. The second-order valence-electron chi connectivity index (χ2n) is 5.67. The van der Waals surface area contributed by atoms with Gasteiger partial charge in [-0.25, -0.2) is 0 Å². The normalized spacial score (nSPS) is 24.9. The van der Waals surface area contributed by atoms with Gasteiger partial charge < -0.3 is 0 Å². The first-order valence-corrected chi connectivity index (χ1v) is 7.13. The number of benzene rings is 2.